The molecule has 0 rings (SSSR count). The van der Waals surface area contributed by atoms with E-state index >= 15 is 0 Å². The van der Waals surface area contributed by atoms with Crippen LogP contribution in [0.15, 0.2) is 34.9 Å². The fraction of sp³-hybridized carbons (Fsp3) is 0.696. The number of aliphatic carboxylic acids is 1. The number of rotatable bonds is 11. The van der Waals surface area contributed by atoms with Crippen LogP contribution in [0.3, 0.4) is 0 Å². The molecule has 0 fully saturated rings. The van der Waals surface area contributed by atoms with Gasteiger partial charge in [0.05, 0.1) is 12.5 Å². The van der Waals surface area contributed by atoms with Crippen molar-refractivity contribution in [1.82, 2.24) is 0 Å². The molecule has 3 nitrogen and oxygen atoms in total. The standard InChI is InChI=1S/C23H42O3Si/c1-18(2)12-10-13-19(3)14-11-15-20(4)16-21(17-22(24)25)26-27(8,9)23(5,6)7/h12,14,16,21H,10-11,13,15,17H2,1-9H3,(H,24,25). The molecular formula is C23H42O3Si. The summed E-state index contributed by atoms with van der Waals surface area (Å²) < 4.78 is 6.35. The summed E-state index contributed by atoms with van der Waals surface area (Å²) in [6.07, 6.45) is 10.4. The molecule has 1 unspecified atom stereocenters. The summed E-state index contributed by atoms with van der Waals surface area (Å²) in [5, 5.41) is 9.32. The van der Waals surface area contributed by atoms with E-state index in [2.05, 4.69) is 73.7 Å². The molecule has 156 valence electrons. The molecule has 0 spiro atoms. The highest BCUT2D eigenvalue weighted by molar-refractivity contribution is 6.74. The van der Waals surface area contributed by atoms with Crippen LogP contribution in [0.5, 0.6) is 0 Å². The van der Waals surface area contributed by atoms with Gasteiger partial charge in [-0.15, -0.1) is 0 Å². The van der Waals surface area contributed by atoms with Crippen LogP contribution >= 0.6 is 0 Å². The number of carbonyl (C=O) groups is 1. The Morgan fingerprint density at radius 1 is 1.00 bits per heavy atom. The number of allylic oxidation sites excluding steroid dienone is 5. The molecule has 27 heavy (non-hydrogen) atoms. The Bertz CT molecular complexity index is 559. The normalized spacial score (nSPS) is 14.9. The summed E-state index contributed by atoms with van der Waals surface area (Å²) >= 11 is 0. The number of hydrogen-bond donors (Lipinski definition) is 1. The molecule has 0 aliphatic heterocycles. The minimum absolute atomic E-state index is 0.0292. The van der Waals surface area contributed by atoms with Crippen LogP contribution in [0.25, 0.3) is 0 Å². The van der Waals surface area contributed by atoms with E-state index in [9.17, 15) is 9.90 Å². The fourth-order valence-electron chi connectivity index (χ4n) is 2.50. The van der Waals surface area contributed by atoms with Crippen molar-refractivity contribution in [1.29, 1.82) is 0 Å². The maximum absolute atomic E-state index is 11.3. The van der Waals surface area contributed by atoms with Gasteiger partial charge >= 0.3 is 5.97 Å². The first kappa shape index (κ1) is 25.9. The quantitative estimate of drug-likeness (QED) is 0.296. The van der Waals surface area contributed by atoms with Gasteiger partial charge in [0.15, 0.2) is 8.32 Å². The van der Waals surface area contributed by atoms with E-state index in [1.807, 2.05) is 6.08 Å². The third-order valence-corrected chi connectivity index (χ3v) is 9.73. The summed E-state index contributed by atoms with van der Waals surface area (Å²) in [4.78, 5) is 11.3. The highest BCUT2D eigenvalue weighted by atomic mass is 28.4. The Hall–Kier alpha value is -1.13. The highest BCUT2D eigenvalue weighted by Gasteiger charge is 2.39. The topological polar surface area (TPSA) is 46.5 Å². The smallest absolute Gasteiger partial charge is 0.306 e. The van der Waals surface area contributed by atoms with Gasteiger partial charge in [0.1, 0.15) is 0 Å². The SMILES string of the molecule is CC(C)=CCCC(C)=CCCC(C)=CC(CC(=O)O)O[Si](C)(C)C(C)(C)C. The molecule has 0 aromatic carbocycles. The molecule has 0 bridgehead atoms. The lowest BCUT2D eigenvalue weighted by Crippen LogP contribution is -2.44. The molecule has 0 aliphatic rings. The third-order valence-electron chi connectivity index (χ3n) is 5.22. The highest BCUT2D eigenvalue weighted by Crippen LogP contribution is 2.38. The Kier molecular flexibility index (Phi) is 11.2. The molecule has 0 saturated heterocycles. The fourth-order valence-corrected chi connectivity index (χ4v) is 3.76. The van der Waals surface area contributed by atoms with Crippen LogP contribution < -0.4 is 0 Å². The average molecular weight is 395 g/mol. The number of hydrogen-bond acceptors (Lipinski definition) is 2. The summed E-state index contributed by atoms with van der Waals surface area (Å²) in [5.41, 5.74) is 3.99. The van der Waals surface area contributed by atoms with Gasteiger partial charge < -0.3 is 9.53 Å². The van der Waals surface area contributed by atoms with Crippen molar-refractivity contribution < 1.29 is 14.3 Å². The zero-order valence-electron chi connectivity index (χ0n) is 19.1. The summed E-state index contributed by atoms with van der Waals surface area (Å²) in [6.45, 7) is 19.4. The van der Waals surface area contributed by atoms with Crippen molar-refractivity contribution in [2.75, 3.05) is 0 Å². The van der Waals surface area contributed by atoms with E-state index in [-0.39, 0.29) is 17.6 Å². The van der Waals surface area contributed by atoms with Crippen LogP contribution in [0.1, 0.15) is 80.6 Å². The number of carboxylic acids is 1. The molecule has 0 saturated carbocycles. The molecule has 1 N–H and O–H groups in total. The van der Waals surface area contributed by atoms with Crippen LogP contribution in [0, 0.1) is 0 Å². The lowest BCUT2D eigenvalue weighted by molar-refractivity contribution is -0.138. The summed E-state index contributed by atoms with van der Waals surface area (Å²) in [7, 11) is -2.00. The molecule has 0 aromatic heterocycles. The molecular weight excluding hydrogens is 352 g/mol. The Morgan fingerprint density at radius 3 is 2.00 bits per heavy atom. The van der Waals surface area contributed by atoms with Gasteiger partial charge in [0, 0.05) is 0 Å². The van der Waals surface area contributed by atoms with Crippen LogP contribution in [-0.2, 0) is 9.22 Å². The largest absolute Gasteiger partial charge is 0.481 e. The van der Waals surface area contributed by atoms with Gasteiger partial charge in [-0.25, -0.2) is 0 Å². The van der Waals surface area contributed by atoms with Gasteiger partial charge in [0.25, 0.3) is 0 Å². The van der Waals surface area contributed by atoms with E-state index in [0.29, 0.717) is 0 Å². The summed E-state index contributed by atoms with van der Waals surface area (Å²) in [5.74, 6) is -0.808. The van der Waals surface area contributed by atoms with Crippen molar-refractivity contribution in [3.8, 4) is 0 Å². The first-order valence-electron chi connectivity index (χ1n) is 10.1. The maximum Gasteiger partial charge on any atom is 0.306 e. The minimum Gasteiger partial charge on any atom is -0.481 e. The average Bonchev–Trinajstić information content (AvgIpc) is 2.44. The lowest BCUT2D eigenvalue weighted by Gasteiger charge is -2.38. The van der Waals surface area contributed by atoms with E-state index in [1.54, 1.807) is 0 Å². The van der Waals surface area contributed by atoms with E-state index < -0.39 is 14.3 Å². The Morgan fingerprint density at radius 2 is 1.52 bits per heavy atom. The minimum atomic E-state index is -2.00. The van der Waals surface area contributed by atoms with Gasteiger partial charge in [0.2, 0.25) is 0 Å². The second-order valence-corrected chi connectivity index (χ2v) is 14.2. The molecule has 0 heterocycles. The Labute approximate surface area is 168 Å². The zero-order valence-corrected chi connectivity index (χ0v) is 20.1. The van der Waals surface area contributed by atoms with E-state index in [1.165, 1.54) is 16.7 Å². The second-order valence-electron chi connectivity index (χ2n) is 9.44. The monoisotopic (exact) mass is 394 g/mol. The van der Waals surface area contributed by atoms with Gasteiger partial charge in [-0.2, -0.15) is 0 Å². The van der Waals surface area contributed by atoms with Crippen LogP contribution in [0.2, 0.25) is 18.1 Å². The van der Waals surface area contributed by atoms with Gasteiger partial charge in [-0.3, -0.25) is 4.79 Å². The van der Waals surface area contributed by atoms with Crippen molar-refractivity contribution in [3.05, 3.63) is 34.9 Å². The third kappa shape index (κ3) is 12.0. The first-order valence-corrected chi connectivity index (χ1v) is 13.0. The van der Waals surface area contributed by atoms with Crippen molar-refractivity contribution in [2.24, 2.45) is 0 Å². The van der Waals surface area contributed by atoms with E-state index in [0.717, 1.165) is 25.7 Å². The van der Waals surface area contributed by atoms with Crippen LogP contribution in [0.4, 0.5) is 0 Å². The predicted octanol–water partition coefficient (Wildman–Crippen LogP) is 7.27. The number of carboxylic acid groups (broad SMARTS) is 1. The lowest BCUT2D eigenvalue weighted by atomic mass is 10.0. The molecule has 0 aromatic rings. The molecule has 1 atom stereocenters. The van der Waals surface area contributed by atoms with E-state index in [4.69, 9.17) is 4.43 Å². The van der Waals surface area contributed by atoms with Crippen molar-refractivity contribution in [2.45, 2.75) is 105 Å². The maximum atomic E-state index is 11.3. The summed E-state index contributed by atoms with van der Waals surface area (Å²) in [6, 6.07) is 0. The van der Waals surface area contributed by atoms with Gasteiger partial charge in [-0.05, 0) is 71.5 Å². The molecule has 4 heteroatoms. The van der Waals surface area contributed by atoms with Crippen molar-refractivity contribution in [3.63, 3.8) is 0 Å². The van der Waals surface area contributed by atoms with Crippen LogP contribution in [-0.4, -0.2) is 25.5 Å². The van der Waals surface area contributed by atoms with Gasteiger partial charge in [-0.1, -0.05) is 55.7 Å². The molecule has 0 amide bonds. The first-order chi connectivity index (χ1) is 12.2. The molecule has 0 aliphatic carbocycles. The molecule has 0 radical (unpaired) electrons. The Balaban J connectivity index is 4.86. The second kappa shape index (κ2) is 11.7. The van der Waals surface area contributed by atoms with Crippen molar-refractivity contribution >= 4 is 14.3 Å². The predicted molar refractivity (Wildman–Crippen MR) is 120 cm³/mol. The zero-order chi connectivity index (χ0) is 21.3.